The van der Waals surface area contributed by atoms with Crippen LogP contribution in [0.4, 0.5) is 4.39 Å². The van der Waals surface area contributed by atoms with Gasteiger partial charge in [0.2, 0.25) is 0 Å². The summed E-state index contributed by atoms with van der Waals surface area (Å²) < 4.78 is 18.8. The average molecular weight is 285 g/mol. The van der Waals surface area contributed by atoms with Gasteiger partial charge in [-0.05, 0) is 31.2 Å². The van der Waals surface area contributed by atoms with Gasteiger partial charge in [-0.25, -0.2) is 4.39 Å². The van der Waals surface area contributed by atoms with E-state index in [1.807, 2.05) is 6.07 Å². The molecule has 19 heavy (non-hydrogen) atoms. The number of hydrogen-bond donors (Lipinski definition) is 1. The molecule has 2 aromatic rings. The Bertz CT molecular complexity index is 557. The van der Waals surface area contributed by atoms with E-state index < -0.39 is 0 Å². The lowest BCUT2D eigenvalue weighted by Crippen LogP contribution is -2.48. The first-order valence-corrected chi connectivity index (χ1v) is 6.34. The maximum atomic E-state index is 13.1. The molecule has 3 rings (SSSR count). The summed E-state index contributed by atoms with van der Waals surface area (Å²) in [6, 6.07) is 7.09. The fourth-order valence-corrected chi connectivity index (χ4v) is 2.52. The standard InChI is InChI=1S/C14H17FN2O.ClH/c1-10-8-17(5-4-16-10)9-13-7-11-6-12(15)2-3-14(11)18-13;/h2-3,6-7,10,16H,4-5,8-9H2,1H3;1H/t10-;/m1./s1. The van der Waals surface area contributed by atoms with Crippen LogP contribution in [-0.4, -0.2) is 30.6 Å². The summed E-state index contributed by atoms with van der Waals surface area (Å²) in [5.74, 6) is 0.690. The van der Waals surface area contributed by atoms with Gasteiger partial charge in [0.25, 0.3) is 0 Å². The van der Waals surface area contributed by atoms with Crippen molar-refractivity contribution >= 4 is 23.4 Å². The Kier molecular flexibility index (Phi) is 4.45. The Labute approximate surface area is 118 Å². The normalized spacial score (nSPS) is 20.4. The second-order valence-electron chi connectivity index (χ2n) is 4.99. The fraction of sp³-hybridized carbons (Fsp3) is 0.429. The van der Waals surface area contributed by atoms with Gasteiger partial charge in [0.1, 0.15) is 17.2 Å². The molecule has 0 aliphatic carbocycles. The highest BCUT2D eigenvalue weighted by molar-refractivity contribution is 5.85. The number of nitrogens with zero attached hydrogens (tertiary/aromatic N) is 1. The fourth-order valence-electron chi connectivity index (χ4n) is 2.52. The lowest BCUT2D eigenvalue weighted by atomic mass is 10.2. The van der Waals surface area contributed by atoms with Crippen LogP contribution in [0.15, 0.2) is 28.7 Å². The van der Waals surface area contributed by atoms with Crippen molar-refractivity contribution in [2.24, 2.45) is 0 Å². The third-order valence-corrected chi connectivity index (χ3v) is 3.36. The maximum Gasteiger partial charge on any atom is 0.134 e. The summed E-state index contributed by atoms with van der Waals surface area (Å²) in [7, 11) is 0. The highest BCUT2D eigenvalue weighted by atomic mass is 35.5. The summed E-state index contributed by atoms with van der Waals surface area (Å²) in [6.07, 6.45) is 0. The van der Waals surface area contributed by atoms with Crippen molar-refractivity contribution in [1.82, 2.24) is 10.2 Å². The molecule has 104 valence electrons. The lowest BCUT2D eigenvalue weighted by Gasteiger charge is -2.30. The number of nitrogens with one attached hydrogen (secondary N) is 1. The third kappa shape index (κ3) is 3.26. The minimum absolute atomic E-state index is 0. The van der Waals surface area contributed by atoms with E-state index >= 15 is 0 Å². The predicted molar refractivity (Wildman–Crippen MR) is 76.2 cm³/mol. The van der Waals surface area contributed by atoms with Gasteiger partial charge in [0, 0.05) is 31.1 Å². The molecule has 0 spiro atoms. The van der Waals surface area contributed by atoms with E-state index in [2.05, 4.69) is 17.1 Å². The number of benzene rings is 1. The first-order valence-electron chi connectivity index (χ1n) is 6.34. The molecule has 0 amide bonds. The quantitative estimate of drug-likeness (QED) is 0.919. The number of furan rings is 1. The van der Waals surface area contributed by atoms with Crippen LogP contribution in [-0.2, 0) is 6.54 Å². The summed E-state index contributed by atoms with van der Waals surface area (Å²) in [5, 5.41) is 4.25. The second-order valence-corrected chi connectivity index (χ2v) is 4.99. The largest absolute Gasteiger partial charge is 0.460 e. The molecule has 1 fully saturated rings. The van der Waals surface area contributed by atoms with Crippen LogP contribution in [0.2, 0.25) is 0 Å². The lowest BCUT2D eigenvalue weighted by molar-refractivity contribution is 0.188. The van der Waals surface area contributed by atoms with Crippen molar-refractivity contribution in [3.05, 3.63) is 35.8 Å². The van der Waals surface area contributed by atoms with Gasteiger partial charge in [-0.3, -0.25) is 4.90 Å². The first kappa shape index (κ1) is 14.3. The molecule has 1 aromatic heterocycles. The highest BCUT2D eigenvalue weighted by Crippen LogP contribution is 2.21. The van der Waals surface area contributed by atoms with E-state index in [0.717, 1.165) is 42.9 Å². The summed E-state index contributed by atoms with van der Waals surface area (Å²) >= 11 is 0. The zero-order chi connectivity index (χ0) is 12.5. The van der Waals surface area contributed by atoms with Crippen molar-refractivity contribution < 1.29 is 8.81 Å². The Hall–Kier alpha value is -1.10. The van der Waals surface area contributed by atoms with Crippen LogP contribution in [0.5, 0.6) is 0 Å². The molecule has 0 unspecified atom stereocenters. The van der Waals surface area contributed by atoms with Crippen LogP contribution >= 0.6 is 12.4 Å². The molecular formula is C14H18ClFN2O. The van der Waals surface area contributed by atoms with Gasteiger partial charge < -0.3 is 9.73 Å². The number of rotatable bonds is 2. The zero-order valence-corrected chi connectivity index (χ0v) is 11.7. The molecule has 1 aliphatic heterocycles. The van der Waals surface area contributed by atoms with Crippen molar-refractivity contribution in [2.45, 2.75) is 19.5 Å². The Morgan fingerprint density at radius 1 is 1.42 bits per heavy atom. The third-order valence-electron chi connectivity index (χ3n) is 3.36. The second kappa shape index (κ2) is 5.90. The zero-order valence-electron chi connectivity index (χ0n) is 10.9. The van der Waals surface area contributed by atoms with Crippen LogP contribution in [0.3, 0.4) is 0 Å². The molecule has 0 bridgehead atoms. The molecule has 0 saturated carbocycles. The van der Waals surface area contributed by atoms with Gasteiger partial charge in [-0.2, -0.15) is 0 Å². The molecule has 1 aromatic carbocycles. The number of halogens is 2. The van der Waals surface area contributed by atoms with Gasteiger partial charge in [-0.15, -0.1) is 12.4 Å². The minimum Gasteiger partial charge on any atom is -0.460 e. The molecular weight excluding hydrogens is 267 g/mol. The van der Waals surface area contributed by atoms with Crippen molar-refractivity contribution in [3.8, 4) is 0 Å². The van der Waals surface area contributed by atoms with Crippen LogP contribution in [0.25, 0.3) is 11.0 Å². The Morgan fingerprint density at radius 3 is 3.05 bits per heavy atom. The molecule has 1 atom stereocenters. The smallest absolute Gasteiger partial charge is 0.134 e. The number of piperazine rings is 1. The van der Waals surface area contributed by atoms with E-state index in [1.54, 1.807) is 6.07 Å². The molecule has 2 heterocycles. The minimum atomic E-state index is -0.217. The molecule has 3 nitrogen and oxygen atoms in total. The van der Waals surface area contributed by atoms with Crippen LogP contribution in [0.1, 0.15) is 12.7 Å². The van der Waals surface area contributed by atoms with Crippen LogP contribution in [0, 0.1) is 5.82 Å². The molecule has 1 aliphatic rings. The predicted octanol–water partition coefficient (Wildman–Crippen LogP) is 2.79. The van der Waals surface area contributed by atoms with Gasteiger partial charge in [-0.1, -0.05) is 0 Å². The summed E-state index contributed by atoms with van der Waals surface area (Å²) in [4.78, 5) is 2.36. The van der Waals surface area contributed by atoms with Gasteiger partial charge >= 0.3 is 0 Å². The first-order chi connectivity index (χ1) is 8.70. The van der Waals surface area contributed by atoms with Crippen molar-refractivity contribution in [2.75, 3.05) is 19.6 Å². The van der Waals surface area contributed by atoms with E-state index in [9.17, 15) is 4.39 Å². The summed E-state index contributed by atoms with van der Waals surface area (Å²) in [5.41, 5.74) is 0.759. The Morgan fingerprint density at radius 2 is 2.26 bits per heavy atom. The molecule has 1 saturated heterocycles. The maximum absolute atomic E-state index is 13.1. The highest BCUT2D eigenvalue weighted by Gasteiger charge is 2.17. The number of hydrogen-bond acceptors (Lipinski definition) is 3. The van der Waals surface area contributed by atoms with E-state index in [0.29, 0.717) is 6.04 Å². The monoisotopic (exact) mass is 284 g/mol. The van der Waals surface area contributed by atoms with E-state index in [4.69, 9.17) is 4.42 Å². The topological polar surface area (TPSA) is 28.4 Å². The number of fused-ring (bicyclic) bond motifs is 1. The van der Waals surface area contributed by atoms with Crippen molar-refractivity contribution in [1.29, 1.82) is 0 Å². The van der Waals surface area contributed by atoms with Crippen molar-refractivity contribution in [3.63, 3.8) is 0 Å². The summed E-state index contributed by atoms with van der Waals surface area (Å²) in [6.45, 7) is 6.03. The molecule has 0 radical (unpaired) electrons. The van der Waals surface area contributed by atoms with E-state index in [-0.39, 0.29) is 18.2 Å². The average Bonchev–Trinajstić information content (AvgIpc) is 2.70. The SMILES string of the molecule is C[C@@H]1CN(Cc2cc3cc(F)ccc3o2)CCN1.Cl. The van der Waals surface area contributed by atoms with E-state index in [1.165, 1.54) is 12.1 Å². The Balaban J connectivity index is 0.00000133. The molecule has 5 heteroatoms. The molecule has 1 N–H and O–H groups in total. The van der Waals surface area contributed by atoms with Crippen LogP contribution < -0.4 is 5.32 Å². The van der Waals surface area contributed by atoms with Gasteiger partial charge in [0.15, 0.2) is 0 Å². The van der Waals surface area contributed by atoms with Gasteiger partial charge in [0.05, 0.1) is 6.54 Å².